The molecule has 2 rings (SSSR count). The summed E-state index contributed by atoms with van der Waals surface area (Å²) in [5.41, 5.74) is 0.706. The molecule has 1 aliphatic heterocycles. The lowest BCUT2D eigenvalue weighted by molar-refractivity contribution is 0.0778. The summed E-state index contributed by atoms with van der Waals surface area (Å²) in [6, 6.07) is 4.66. The molecule has 128 valence electrons. The Hall–Kier alpha value is -1.51. The van der Waals surface area contributed by atoms with Gasteiger partial charge in [-0.3, -0.25) is 4.79 Å². The molecule has 1 saturated heterocycles. The molecule has 0 bridgehead atoms. The normalized spacial score (nSPS) is 21.6. The summed E-state index contributed by atoms with van der Waals surface area (Å²) in [6.07, 6.45) is 2.90. The van der Waals surface area contributed by atoms with Gasteiger partial charge in [-0.2, -0.15) is 0 Å². The van der Waals surface area contributed by atoms with Crippen LogP contribution in [0.4, 0.5) is 0 Å². The van der Waals surface area contributed by atoms with Crippen molar-refractivity contribution in [3.63, 3.8) is 0 Å². The van der Waals surface area contributed by atoms with E-state index in [0.717, 1.165) is 19.1 Å². The zero-order valence-electron chi connectivity index (χ0n) is 13.4. The molecule has 1 aromatic rings. The molecule has 2 heterocycles. The molecule has 2 atom stereocenters. The minimum atomic E-state index is -3.32. The lowest BCUT2D eigenvalue weighted by Crippen LogP contribution is -2.40. The summed E-state index contributed by atoms with van der Waals surface area (Å²) >= 11 is 0. The molecule has 0 unspecified atom stereocenters. The number of aromatic nitrogens is 1. The monoisotopic (exact) mass is 341 g/mol. The van der Waals surface area contributed by atoms with Crippen LogP contribution >= 0.6 is 0 Å². The number of nitrogens with one attached hydrogen (secondary N) is 1. The van der Waals surface area contributed by atoms with Gasteiger partial charge in [0.1, 0.15) is 5.69 Å². The van der Waals surface area contributed by atoms with E-state index >= 15 is 0 Å². The van der Waals surface area contributed by atoms with Gasteiger partial charge in [0.05, 0.1) is 18.6 Å². The van der Waals surface area contributed by atoms with Gasteiger partial charge in [0.25, 0.3) is 5.91 Å². The summed E-state index contributed by atoms with van der Waals surface area (Å²) in [7, 11) is -3.32. The number of carbonyl (C=O) groups excluding carboxylic acids is 1. The number of sulfonamides is 1. The molecule has 0 saturated carbocycles. The van der Waals surface area contributed by atoms with Crippen molar-refractivity contribution in [1.82, 2.24) is 14.6 Å². The Morgan fingerprint density at radius 1 is 1.43 bits per heavy atom. The van der Waals surface area contributed by atoms with Gasteiger partial charge < -0.3 is 10.0 Å². The summed E-state index contributed by atoms with van der Waals surface area (Å²) in [6.45, 7) is 2.65. The predicted octanol–water partition coefficient (Wildman–Crippen LogP) is 0.364. The zero-order chi connectivity index (χ0) is 17.0. The molecule has 0 spiro atoms. The van der Waals surface area contributed by atoms with E-state index in [9.17, 15) is 13.2 Å². The fourth-order valence-electron chi connectivity index (χ4n) is 2.96. The molecule has 0 aromatic carbocycles. The number of hydrogen-bond donors (Lipinski definition) is 2. The molecule has 0 aliphatic carbocycles. The van der Waals surface area contributed by atoms with Crippen molar-refractivity contribution in [2.45, 2.75) is 32.4 Å². The van der Waals surface area contributed by atoms with Crippen molar-refractivity contribution in [3.8, 4) is 0 Å². The number of likely N-dealkylation sites (tertiary alicyclic amines) is 1. The number of aliphatic hydroxyl groups is 1. The largest absolute Gasteiger partial charge is 0.390 e. The fraction of sp³-hybridized carbons (Fsp3) is 0.600. The molecule has 7 nitrogen and oxygen atoms in total. The molecule has 8 heteroatoms. The second kappa shape index (κ2) is 7.37. The van der Waals surface area contributed by atoms with Crippen LogP contribution in [0.15, 0.2) is 18.2 Å². The Morgan fingerprint density at radius 2 is 2.17 bits per heavy atom. The summed E-state index contributed by atoms with van der Waals surface area (Å²) in [5, 5.41) is 9.13. The Labute approximate surface area is 136 Å². The van der Waals surface area contributed by atoms with Crippen LogP contribution in [0.2, 0.25) is 0 Å². The zero-order valence-corrected chi connectivity index (χ0v) is 14.2. The molecule has 1 fully saturated rings. The molecular formula is C15H23N3O4S. The van der Waals surface area contributed by atoms with Crippen LogP contribution in [0, 0.1) is 5.92 Å². The van der Waals surface area contributed by atoms with Gasteiger partial charge in [0.15, 0.2) is 0 Å². The molecule has 0 radical (unpaired) electrons. The first-order chi connectivity index (χ1) is 10.8. The van der Waals surface area contributed by atoms with Crippen molar-refractivity contribution in [3.05, 3.63) is 29.6 Å². The average molecular weight is 341 g/mol. The van der Waals surface area contributed by atoms with Crippen LogP contribution in [-0.4, -0.2) is 54.7 Å². The Morgan fingerprint density at radius 3 is 2.78 bits per heavy atom. The third kappa shape index (κ3) is 4.73. The maximum atomic E-state index is 12.6. The standard InChI is InChI=1S/C15H23N3O4S/c1-3-5-11-8-18(9-14(11)17-23(2,21)22)15(20)13-7-4-6-12(10-19)16-13/h4,6-7,11,14,17,19H,3,5,8-10H2,1-2H3/t11-,14-/m1/s1. The molecule has 1 amide bonds. The van der Waals surface area contributed by atoms with E-state index < -0.39 is 10.0 Å². The third-order valence-electron chi connectivity index (χ3n) is 3.94. The van der Waals surface area contributed by atoms with E-state index in [2.05, 4.69) is 9.71 Å². The van der Waals surface area contributed by atoms with Gasteiger partial charge in [-0.1, -0.05) is 19.4 Å². The van der Waals surface area contributed by atoms with Crippen LogP contribution in [0.5, 0.6) is 0 Å². The predicted molar refractivity (Wildman–Crippen MR) is 86.2 cm³/mol. The van der Waals surface area contributed by atoms with Gasteiger partial charge >= 0.3 is 0 Å². The van der Waals surface area contributed by atoms with Crippen molar-refractivity contribution in [2.75, 3.05) is 19.3 Å². The summed E-state index contributed by atoms with van der Waals surface area (Å²) in [4.78, 5) is 18.3. The second-order valence-electron chi connectivity index (χ2n) is 5.93. The van der Waals surface area contributed by atoms with Gasteiger partial charge in [0, 0.05) is 19.1 Å². The van der Waals surface area contributed by atoms with Crippen molar-refractivity contribution >= 4 is 15.9 Å². The first kappa shape index (κ1) is 17.8. The molecule has 23 heavy (non-hydrogen) atoms. The number of amides is 1. The number of pyridine rings is 1. The quantitative estimate of drug-likeness (QED) is 0.778. The highest BCUT2D eigenvalue weighted by Gasteiger charge is 2.36. The molecule has 1 aliphatic rings. The van der Waals surface area contributed by atoms with Gasteiger partial charge in [-0.25, -0.2) is 18.1 Å². The van der Waals surface area contributed by atoms with E-state index in [-0.39, 0.29) is 30.2 Å². The first-order valence-electron chi connectivity index (χ1n) is 7.67. The van der Waals surface area contributed by atoms with E-state index in [1.54, 1.807) is 23.1 Å². The number of rotatable bonds is 6. The lowest BCUT2D eigenvalue weighted by Gasteiger charge is -2.17. The first-order valence-corrected chi connectivity index (χ1v) is 9.56. The minimum absolute atomic E-state index is 0.0969. The molecule has 2 N–H and O–H groups in total. The summed E-state index contributed by atoms with van der Waals surface area (Å²) in [5.74, 6) is -0.140. The molecular weight excluding hydrogens is 318 g/mol. The van der Waals surface area contributed by atoms with Crippen LogP contribution in [0.3, 0.4) is 0 Å². The minimum Gasteiger partial charge on any atom is -0.390 e. The third-order valence-corrected chi connectivity index (χ3v) is 4.67. The Bertz CT molecular complexity index is 662. The van der Waals surface area contributed by atoms with Crippen LogP contribution in [0.25, 0.3) is 0 Å². The number of aliphatic hydroxyl groups excluding tert-OH is 1. The average Bonchev–Trinajstić information content (AvgIpc) is 2.88. The highest BCUT2D eigenvalue weighted by Crippen LogP contribution is 2.23. The smallest absolute Gasteiger partial charge is 0.272 e. The molecule has 1 aromatic heterocycles. The van der Waals surface area contributed by atoms with Crippen molar-refractivity contribution < 1.29 is 18.3 Å². The van der Waals surface area contributed by atoms with Crippen LogP contribution in [-0.2, 0) is 16.6 Å². The Kier molecular flexibility index (Phi) is 5.72. The van der Waals surface area contributed by atoms with Crippen LogP contribution in [0.1, 0.15) is 35.9 Å². The van der Waals surface area contributed by atoms with Gasteiger partial charge in [-0.15, -0.1) is 0 Å². The highest BCUT2D eigenvalue weighted by atomic mass is 32.2. The van der Waals surface area contributed by atoms with E-state index in [0.29, 0.717) is 18.8 Å². The number of carbonyl (C=O) groups is 1. The second-order valence-corrected chi connectivity index (χ2v) is 7.71. The number of nitrogens with zero attached hydrogens (tertiary/aromatic N) is 2. The number of hydrogen-bond acceptors (Lipinski definition) is 5. The van der Waals surface area contributed by atoms with E-state index in [4.69, 9.17) is 5.11 Å². The highest BCUT2D eigenvalue weighted by molar-refractivity contribution is 7.88. The maximum Gasteiger partial charge on any atom is 0.272 e. The Balaban J connectivity index is 2.15. The fourth-order valence-corrected chi connectivity index (χ4v) is 3.77. The topological polar surface area (TPSA) is 99.6 Å². The van der Waals surface area contributed by atoms with Gasteiger partial charge in [-0.05, 0) is 24.5 Å². The lowest BCUT2D eigenvalue weighted by atomic mass is 9.99. The maximum absolute atomic E-state index is 12.6. The van der Waals surface area contributed by atoms with Crippen molar-refractivity contribution in [1.29, 1.82) is 0 Å². The van der Waals surface area contributed by atoms with E-state index in [1.165, 1.54) is 0 Å². The van der Waals surface area contributed by atoms with E-state index in [1.807, 2.05) is 6.92 Å². The van der Waals surface area contributed by atoms with Crippen LogP contribution < -0.4 is 4.72 Å². The SMILES string of the molecule is CCC[C@@H]1CN(C(=O)c2cccc(CO)n2)C[C@H]1NS(C)(=O)=O. The van der Waals surface area contributed by atoms with Crippen molar-refractivity contribution in [2.24, 2.45) is 5.92 Å². The van der Waals surface area contributed by atoms with Gasteiger partial charge in [0.2, 0.25) is 10.0 Å². The summed E-state index contributed by atoms with van der Waals surface area (Å²) < 4.78 is 25.7.